The maximum atomic E-state index is 5.39. The van der Waals surface area contributed by atoms with Crippen LogP contribution in [-0.2, 0) is 18.9 Å². The molecule has 2 rings (SSSR count). The lowest BCUT2D eigenvalue weighted by molar-refractivity contribution is -0.316. The third-order valence-electron chi connectivity index (χ3n) is 2.43. The minimum Gasteiger partial charge on any atom is -0.350 e. The molecule has 4 nitrogen and oxygen atoms in total. The van der Waals surface area contributed by atoms with Crippen LogP contribution in [0, 0.1) is 0 Å². The molecule has 2 aliphatic heterocycles. The van der Waals surface area contributed by atoms with Crippen molar-refractivity contribution in [3.63, 3.8) is 0 Å². The van der Waals surface area contributed by atoms with Crippen molar-refractivity contribution in [2.45, 2.75) is 38.3 Å². The lowest BCUT2D eigenvalue weighted by atomic mass is 10.0. The van der Waals surface area contributed by atoms with Gasteiger partial charge in [-0.3, -0.25) is 0 Å². The molecule has 0 aliphatic carbocycles. The van der Waals surface area contributed by atoms with Crippen molar-refractivity contribution in [3.8, 4) is 0 Å². The lowest BCUT2D eigenvalue weighted by Crippen LogP contribution is -2.55. The summed E-state index contributed by atoms with van der Waals surface area (Å²) >= 11 is 0. The maximum Gasteiger partial charge on any atom is 0.147 e. The quantitative estimate of drug-likeness (QED) is 0.536. The molecule has 0 spiro atoms. The molecule has 0 aromatic rings. The highest BCUT2D eigenvalue weighted by molar-refractivity contribution is 4.85. The number of hydrogen-bond donors (Lipinski definition) is 0. The maximum absolute atomic E-state index is 5.39. The molecule has 2 saturated heterocycles. The fourth-order valence-electron chi connectivity index (χ4n) is 1.63. The summed E-state index contributed by atoms with van der Waals surface area (Å²) < 4.78 is 21.4. The lowest BCUT2D eigenvalue weighted by Gasteiger charge is -2.42. The van der Waals surface area contributed by atoms with Crippen LogP contribution in [-0.4, -0.2) is 38.0 Å². The SMILES string of the molecule is C[C@@H]1OCO[C@@H]2[C@@H]1OCO[C@@H]2C. The highest BCUT2D eigenvalue weighted by Crippen LogP contribution is 2.24. The molecule has 0 saturated carbocycles. The summed E-state index contributed by atoms with van der Waals surface area (Å²) in [5.74, 6) is 0. The van der Waals surface area contributed by atoms with E-state index in [2.05, 4.69) is 0 Å². The van der Waals surface area contributed by atoms with E-state index < -0.39 is 0 Å². The molecular weight excluding hydrogens is 160 g/mol. The highest BCUT2D eigenvalue weighted by Gasteiger charge is 2.40. The first kappa shape index (κ1) is 8.44. The zero-order valence-electron chi connectivity index (χ0n) is 7.36. The van der Waals surface area contributed by atoms with Crippen molar-refractivity contribution in [1.82, 2.24) is 0 Å². The summed E-state index contributed by atoms with van der Waals surface area (Å²) in [5, 5.41) is 0. The Kier molecular flexibility index (Phi) is 2.32. The molecular formula is C8H14O4. The molecule has 4 heteroatoms. The Balaban J connectivity index is 2.05. The Morgan fingerprint density at radius 1 is 0.750 bits per heavy atom. The van der Waals surface area contributed by atoms with Gasteiger partial charge in [0.2, 0.25) is 0 Å². The largest absolute Gasteiger partial charge is 0.350 e. The molecule has 0 N–H and O–H groups in total. The second kappa shape index (κ2) is 3.30. The second-order valence-electron chi connectivity index (χ2n) is 3.24. The minimum absolute atomic E-state index is 0.0301. The number of rotatable bonds is 0. The summed E-state index contributed by atoms with van der Waals surface area (Å²) in [6, 6.07) is 0. The van der Waals surface area contributed by atoms with Gasteiger partial charge in [-0.1, -0.05) is 0 Å². The van der Waals surface area contributed by atoms with Gasteiger partial charge in [0.1, 0.15) is 25.8 Å². The molecule has 0 radical (unpaired) electrons. The fourth-order valence-corrected chi connectivity index (χ4v) is 1.63. The molecule has 2 aliphatic rings. The normalized spacial score (nSPS) is 48.5. The van der Waals surface area contributed by atoms with Gasteiger partial charge in [-0.05, 0) is 13.8 Å². The Bertz CT molecular complexity index is 143. The molecule has 0 amide bonds. The van der Waals surface area contributed by atoms with Crippen LogP contribution in [0.15, 0.2) is 0 Å². The van der Waals surface area contributed by atoms with Gasteiger partial charge >= 0.3 is 0 Å². The molecule has 4 atom stereocenters. The Morgan fingerprint density at radius 3 is 1.58 bits per heavy atom. The zero-order chi connectivity index (χ0) is 8.55. The van der Waals surface area contributed by atoms with E-state index in [1.165, 1.54) is 0 Å². The van der Waals surface area contributed by atoms with E-state index in [9.17, 15) is 0 Å². The molecule has 0 aromatic carbocycles. The van der Waals surface area contributed by atoms with Crippen LogP contribution >= 0.6 is 0 Å². The summed E-state index contributed by atoms with van der Waals surface area (Å²) in [7, 11) is 0. The van der Waals surface area contributed by atoms with Gasteiger partial charge in [-0.2, -0.15) is 0 Å². The molecule has 12 heavy (non-hydrogen) atoms. The predicted octanol–water partition coefficient (Wildman–Crippen LogP) is 0.509. The number of ether oxygens (including phenoxy) is 4. The second-order valence-corrected chi connectivity index (χ2v) is 3.24. The van der Waals surface area contributed by atoms with Crippen molar-refractivity contribution < 1.29 is 18.9 Å². The summed E-state index contributed by atoms with van der Waals surface area (Å²) in [5.41, 5.74) is 0. The standard InChI is InChI=1S/C8H14O4/c1-5-7-8(12-3-9-5)6(2)10-4-11-7/h5-8H,3-4H2,1-2H3/t5-,6+,7+,8-. The van der Waals surface area contributed by atoms with Gasteiger partial charge < -0.3 is 18.9 Å². The Hall–Kier alpha value is -0.160. The van der Waals surface area contributed by atoms with E-state index in [0.717, 1.165) is 0 Å². The van der Waals surface area contributed by atoms with Crippen LogP contribution in [0.25, 0.3) is 0 Å². The monoisotopic (exact) mass is 174 g/mol. The average molecular weight is 174 g/mol. The molecule has 70 valence electrons. The van der Waals surface area contributed by atoms with Crippen molar-refractivity contribution >= 4 is 0 Å². The first-order chi connectivity index (χ1) is 5.79. The van der Waals surface area contributed by atoms with E-state index in [1.807, 2.05) is 13.8 Å². The number of fused-ring (bicyclic) bond motifs is 1. The van der Waals surface area contributed by atoms with Crippen LogP contribution in [0.2, 0.25) is 0 Å². The van der Waals surface area contributed by atoms with Gasteiger partial charge in [0, 0.05) is 0 Å². The van der Waals surface area contributed by atoms with Crippen LogP contribution in [0.3, 0.4) is 0 Å². The predicted molar refractivity (Wildman–Crippen MR) is 40.6 cm³/mol. The third kappa shape index (κ3) is 1.35. The molecule has 2 heterocycles. The smallest absolute Gasteiger partial charge is 0.147 e. The summed E-state index contributed by atoms with van der Waals surface area (Å²) in [6.45, 7) is 4.69. The Morgan fingerprint density at radius 2 is 1.17 bits per heavy atom. The van der Waals surface area contributed by atoms with Crippen molar-refractivity contribution in [3.05, 3.63) is 0 Å². The van der Waals surface area contributed by atoms with Crippen LogP contribution in [0.4, 0.5) is 0 Å². The van der Waals surface area contributed by atoms with Gasteiger partial charge in [0.15, 0.2) is 0 Å². The highest BCUT2D eigenvalue weighted by atomic mass is 16.8. The van der Waals surface area contributed by atoms with Gasteiger partial charge in [0.05, 0.1) is 12.2 Å². The average Bonchev–Trinajstić information content (AvgIpc) is 2.07. The zero-order valence-corrected chi connectivity index (χ0v) is 7.36. The third-order valence-corrected chi connectivity index (χ3v) is 2.43. The van der Waals surface area contributed by atoms with Crippen molar-refractivity contribution in [2.24, 2.45) is 0 Å². The summed E-state index contributed by atoms with van der Waals surface area (Å²) in [6.07, 6.45) is 0.273. The number of hydrogen-bond acceptors (Lipinski definition) is 4. The van der Waals surface area contributed by atoms with Crippen LogP contribution in [0.5, 0.6) is 0 Å². The van der Waals surface area contributed by atoms with Crippen molar-refractivity contribution in [2.75, 3.05) is 13.6 Å². The fraction of sp³-hybridized carbons (Fsp3) is 1.00. The van der Waals surface area contributed by atoms with E-state index in [4.69, 9.17) is 18.9 Å². The molecule has 2 fully saturated rings. The van der Waals surface area contributed by atoms with E-state index in [-0.39, 0.29) is 24.4 Å². The van der Waals surface area contributed by atoms with Crippen LogP contribution < -0.4 is 0 Å². The van der Waals surface area contributed by atoms with Crippen LogP contribution in [0.1, 0.15) is 13.8 Å². The van der Waals surface area contributed by atoms with Crippen molar-refractivity contribution in [1.29, 1.82) is 0 Å². The Labute approximate surface area is 71.7 Å². The molecule has 0 unspecified atom stereocenters. The van der Waals surface area contributed by atoms with E-state index in [0.29, 0.717) is 13.6 Å². The topological polar surface area (TPSA) is 36.9 Å². The van der Waals surface area contributed by atoms with E-state index in [1.54, 1.807) is 0 Å². The van der Waals surface area contributed by atoms with Gasteiger partial charge in [-0.15, -0.1) is 0 Å². The van der Waals surface area contributed by atoms with E-state index >= 15 is 0 Å². The molecule has 0 aromatic heterocycles. The first-order valence-electron chi connectivity index (χ1n) is 4.25. The van der Waals surface area contributed by atoms with Gasteiger partial charge in [-0.25, -0.2) is 0 Å². The molecule has 0 bridgehead atoms. The first-order valence-corrected chi connectivity index (χ1v) is 4.25. The van der Waals surface area contributed by atoms with Gasteiger partial charge in [0.25, 0.3) is 0 Å². The summed E-state index contributed by atoms with van der Waals surface area (Å²) in [4.78, 5) is 0. The minimum atomic E-state index is 0.0301.